The number of nitrogens with two attached hydrogens (primary N) is 1. The fourth-order valence-corrected chi connectivity index (χ4v) is 2.17. The molecule has 0 aromatic carbocycles. The van der Waals surface area contributed by atoms with Crippen LogP contribution in [0.3, 0.4) is 0 Å². The van der Waals surface area contributed by atoms with Crippen LogP contribution in [0.25, 0.3) is 0 Å². The van der Waals surface area contributed by atoms with E-state index in [-0.39, 0.29) is 24.2 Å². The van der Waals surface area contributed by atoms with Gasteiger partial charge in [-0.25, -0.2) is 0 Å². The minimum absolute atomic E-state index is 0. The molecule has 2 bridgehead atoms. The maximum absolute atomic E-state index is 11.7. The van der Waals surface area contributed by atoms with Crippen LogP contribution in [0.2, 0.25) is 0 Å². The number of hydrogen-bond acceptors (Lipinski definition) is 3. The molecule has 2 aliphatic rings. The lowest BCUT2D eigenvalue weighted by Crippen LogP contribution is -2.36. The van der Waals surface area contributed by atoms with E-state index in [1.54, 1.807) is 0 Å². The quantitative estimate of drug-likeness (QED) is 0.729. The predicted molar refractivity (Wildman–Crippen MR) is 55.3 cm³/mol. The summed E-state index contributed by atoms with van der Waals surface area (Å²) in [6.07, 6.45) is 1.89. The Morgan fingerprint density at radius 2 is 2.29 bits per heavy atom. The van der Waals surface area contributed by atoms with Crippen molar-refractivity contribution in [1.29, 1.82) is 0 Å². The van der Waals surface area contributed by atoms with E-state index in [4.69, 9.17) is 10.5 Å². The largest absolute Gasteiger partial charge is 0.378 e. The molecule has 0 saturated carbocycles. The molecule has 0 aliphatic carbocycles. The second kappa shape index (κ2) is 4.96. The molecule has 5 heteroatoms. The Balaban J connectivity index is 0.000000980. The Kier molecular flexibility index (Phi) is 4.16. The van der Waals surface area contributed by atoms with E-state index in [9.17, 15) is 4.79 Å². The smallest absolute Gasteiger partial charge is 0.228 e. The van der Waals surface area contributed by atoms with Crippen LogP contribution < -0.4 is 5.73 Å². The van der Waals surface area contributed by atoms with Gasteiger partial charge >= 0.3 is 0 Å². The molecule has 82 valence electrons. The number of fused-ring (bicyclic) bond motifs is 2. The number of amides is 1. The summed E-state index contributed by atoms with van der Waals surface area (Å²) in [5, 5.41) is 0. The molecular weight excluding hydrogens is 204 g/mol. The summed E-state index contributed by atoms with van der Waals surface area (Å²) < 4.78 is 5.34. The summed E-state index contributed by atoms with van der Waals surface area (Å²) in [6, 6.07) is 0.331. The highest BCUT2D eigenvalue weighted by Crippen LogP contribution is 2.29. The minimum Gasteiger partial charge on any atom is -0.378 e. The Hall–Kier alpha value is -0.320. The Morgan fingerprint density at radius 1 is 1.50 bits per heavy atom. The lowest BCUT2D eigenvalue weighted by molar-refractivity contribution is -0.131. The lowest BCUT2D eigenvalue weighted by Gasteiger charge is -2.23. The molecule has 2 unspecified atom stereocenters. The maximum atomic E-state index is 11.7. The first-order valence-corrected chi connectivity index (χ1v) is 4.91. The van der Waals surface area contributed by atoms with Crippen molar-refractivity contribution >= 4 is 18.3 Å². The monoisotopic (exact) mass is 220 g/mol. The van der Waals surface area contributed by atoms with Crippen molar-refractivity contribution in [2.24, 2.45) is 11.7 Å². The third-order valence-corrected chi connectivity index (χ3v) is 2.86. The van der Waals surface area contributed by atoms with Crippen LogP contribution in [0.1, 0.15) is 12.8 Å². The molecule has 0 radical (unpaired) electrons. The average molecular weight is 221 g/mol. The lowest BCUT2D eigenvalue weighted by atomic mass is 10.0. The Bertz CT molecular complexity index is 213. The van der Waals surface area contributed by atoms with Crippen molar-refractivity contribution in [2.45, 2.75) is 18.9 Å². The van der Waals surface area contributed by atoms with Gasteiger partial charge in [0, 0.05) is 6.54 Å². The number of likely N-dealkylation sites (tertiary alicyclic amines) is 1. The zero-order valence-electron chi connectivity index (χ0n) is 8.15. The summed E-state index contributed by atoms with van der Waals surface area (Å²) in [7, 11) is 0. The molecule has 2 atom stereocenters. The fraction of sp³-hybridized carbons (Fsp3) is 0.889. The van der Waals surface area contributed by atoms with Crippen molar-refractivity contribution in [1.82, 2.24) is 4.90 Å². The molecule has 2 fully saturated rings. The zero-order chi connectivity index (χ0) is 9.26. The number of carbonyl (C=O) groups excluding carboxylic acids is 1. The van der Waals surface area contributed by atoms with Crippen molar-refractivity contribution in [3.8, 4) is 0 Å². The number of carbonyl (C=O) groups is 1. The average Bonchev–Trinajstić information content (AvgIpc) is 2.37. The molecule has 0 aromatic rings. The van der Waals surface area contributed by atoms with Gasteiger partial charge in [0.05, 0.1) is 25.2 Å². The van der Waals surface area contributed by atoms with E-state index in [1.807, 2.05) is 4.90 Å². The molecule has 0 spiro atoms. The summed E-state index contributed by atoms with van der Waals surface area (Å²) in [4.78, 5) is 13.6. The highest BCUT2D eigenvalue weighted by Gasteiger charge is 2.42. The van der Waals surface area contributed by atoms with Crippen LogP contribution in [0, 0.1) is 5.92 Å². The van der Waals surface area contributed by atoms with Crippen molar-refractivity contribution < 1.29 is 9.53 Å². The van der Waals surface area contributed by atoms with Crippen molar-refractivity contribution in [3.63, 3.8) is 0 Å². The molecular formula is C9H17ClN2O2. The topological polar surface area (TPSA) is 55.6 Å². The SMILES string of the molecule is Cl.NCCCN1C(=O)C2COCC1C2. The van der Waals surface area contributed by atoms with Crippen LogP contribution in [0.15, 0.2) is 0 Å². The number of ether oxygens (including phenoxy) is 1. The summed E-state index contributed by atoms with van der Waals surface area (Å²) in [6.45, 7) is 2.79. The first-order chi connectivity index (χ1) is 6.33. The van der Waals surface area contributed by atoms with Crippen LogP contribution in [-0.4, -0.2) is 43.2 Å². The first-order valence-electron chi connectivity index (χ1n) is 4.91. The normalized spacial score (nSPS) is 30.4. The highest BCUT2D eigenvalue weighted by atomic mass is 35.5. The van der Waals surface area contributed by atoms with E-state index >= 15 is 0 Å². The van der Waals surface area contributed by atoms with Gasteiger partial charge in [-0.1, -0.05) is 0 Å². The van der Waals surface area contributed by atoms with E-state index in [1.165, 1.54) is 0 Å². The van der Waals surface area contributed by atoms with Gasteiger partial charge in [-0.3, -0.25) is 4.79 Å². The maximum Gasteiger partial charge on any atom is 0.228 e. The number of nitrogens with zero attached hydrogens (tertiary/aromatic N) is 1. The molecule has 2 heterocycles. The van der Waals surface area contributed by atoms with Gasteiger partial charge in [0.2, 0.25) is 5.91 Å². The van der Waals surface area contributed by atoms with E-state index in [2.05, 4.69) is 0 Å². The molecule has 2 rings (SSSR count). The number of halogens is 1. The van der Waals surface area contributed by atoms with Gasteiger partial charge < -0.3 is 15.4 Å². The van der Waals surface area contributed by atoms with Crippen molar-refractivity contribution in [3.05, 3.63) is 0 Å². The van der Waals surface area contributed by atoms with Crippen LogP contribution in [-0.2, 0) is 9.53 Å². The molecule has 14 heavy (non-hydrogen) atoms. The van der Waals surface area contributed by atoms with Gasteiger partial charge in [-0.15, -0.1) is 12.4 Å². The molecule has 2 aliphatic heterocycles. The third kappa shape index (κ3) is 2.02. The van der Waals surface area contributed by atoms with E-state index < -0.39 is 0 Å². The van der Waals surface area contributed by atoms with Gasteiger partial charge in [0.15, 0.2) is 0 Å². The number of rotatable bonds is 3. The van der Waals surface area contributed by atoms with Crippen molar-refractivity contribution in [2.75, 3.05) is 26.3 Å². The standard InChI is InChI=1S/C9H16N2O2.ClH/c10-2-1-3-11-8-4-7(9(11)12)5-13-6-8;/h7-8H,1-6,10H2;1H. The predicted octanol–water partition coefficient (Wildman–Crippen LogP) is 0.00430. The highest BCUT2D eigenvalue weighted by molar-refractivity contribution is 5.85. The summed E-state index contributed by atoms with van der Waals surface area (Å²) in [5.41, 5.74) is 5.42. The second-order valence-electron chi connectivity index (χ2n) is 3.80. The fourth-order valence-electron chi connectivity index (χ4n) is 2.17. The molecule has 4 nitrogen and oxygen atoms in total. The summed E-state index contributed by atoms with van der Waals surface area (Å²) in [5.74, 6) is 0.410. The number of hydrogen-bond donors (Lipinski definition) is 1. The Morgan fingerprint density at radius 3 is 2.93 bits per heavy atom. The molecule has 2 saturated heterocycles. The minimum atomic E-state index is 0. The van der Waals surface area contributed by atoms with Crippen LogP contribution >= 0.6 is 12.4 Å². The van der Waals surface area contributed by atoms with E-state index in [0.717, 1.165) is 19.4 Å². The zero-order valence-corrected chi connectivity index (χ0v) is 8.96. The first kappa shape index (κ1) is 11.8. The second-order valence-corrected chi connectivity index (χ2v) is 3.80. The van der Waals surface area contributed by atoms with Gasteiger partial charge in [-0.2, -0.15) is 0 Å². The summed E-state index contributed by atoms with van der Waals surface area (Å²) >= 11 is 0. The van der Waals surface area contributed by atoms with E-state index in [0.29, 0.717) is 25.8 Å². The van der Waals surface area contributed by atoms with Gasteiger partial charge in [0.25, 0.3) is 0 Å². The Labute approximate surface area is 90.2 Å². The van der Waals surface area contributed by atoms with Gasteiger partial charge in [-0.05, 0) is 19.4 Å². The van der Waals surface area contributed by atoms with Gasteiger partial charge in [0.1, 0.15) is 0 Å². The molecule has 2 N–H and O–H groups in total. The van der Waals surface area contributed by atoms with Crippen LogP contribution in [0.4, 0.5) is 0 Å². The third-order valence-electron chi connectivity index (χ3n) is 2.86. The molecule has 0 aromatic heterocycles. The molecule has 1 amide bonds. The van der Waals surface area contributed by atoms with Crippen LogP contribution in [0.5, 0.6) is 0 Å².